The second kappa shape index (κ2) is 2.43. The Bertz CT molecular complexity index is 289. The Labute approximate surface area is 67.3 Å². The zero-order chi connectivity index (χ0) is 8.48. The van der Waals surface area contributed by atoms with Crippen molar-refractivity contribution in [3.05, 3.63) is 18.2 Å². The maximum atomic E-state index is 5.38. The average molecular weight is 148 g/mol. The second-order valence-corrected chi connectivity index (χ2v) is 3.16. The van der Waals surface area contributed by atoms with Gasteiger partial charge in [0.2, 0.25) is 0 Å². The quantitative estimate of drug-likeness (QED) is 0.549. The first-order valence-electron chi connectivity index (χ1n) is 3.52. The monoisotopic (exact) mass is 148 g/mol. The van der Waals surface area contributed by atoms with E-state index in [0.717, 1.165) is 5.69 Å². The smallest absolute Gasteiger partial charge is 0.0945 e. The molecule has 1 aromatic rings. The van der Waals surface area contributed by atoms with Gasteiger partial charge in [-0.2, -0.15) is 0 Å². The number of imidazole rings is 1. The van der Waals surface area contributed by atoms with Crippen LogP contribution in [-0.4, -0.2) is 9.55 Å². The van der Waals surface area contributed by atoms with Crippen LogP contribution in [-0.2, 0) is 12.5 Å². The first-order chi connectivity index (χ1) is 5.08. The van der Waals surface area contributed by atoms with Gasteiger partial charge in [0.05, 0.1) is 17.4 Å². The van der Waals surface area contributed by atoms with E-state index in [1.807, 2.05) is 25.5 Å². The number of aryl methyl sites for hydroxylation is 1. The summed E-state index contributed by atoms with van der Waals surface area (Å²) in [6.07, 6.45) is 8.94. The summed E-state index contributed by atoms with van der Waals surface area (Å²) in [5.41, 5.74) is 0.852. The molecule has 0 fully saturated rings. The summed E-state index contributed by atoms with van der Waals surface area (Å²) in [5.74, 6) is 2.72. The Balaban J connectivity index is 3.13. The fraction of sp³-hybridized carbons (Fsp3) is 0.444. The lowest BCUT2D eigenvalue weighted by molar-refractivity contribution is 0.629. The van der Waals surface area contributed by atoms with Crippen molar-refractivity contribution >= 4 is 0 Å². The van der Waals surface area contributed by atoms with E-state index in [2.05, 4.69) is 10.9 Å². The topological polar surface area (TPSA) is 17.8 Å². The molecular weight excluding hydrogens is 136 g/mol. The Morgan fingerprint density at radius 2 is 2.27 bits per heavy atom. The molecule has 0 spiro atoms. The van der Waals surface area contributed by atoms with Crippen LogP contribution < -0.4 is 0 Å². The summed E-state index contributed by atoms with van der Waals surface area (Å²) in [6, 6.07) is 0. The van der Waals surface area contributed by atoms with E-state index in [1.165, 1.54) is 0 Å². The molecule has 0 saturated carbocycles. The normalized spacial score (nSPS) is 11.1. The molecule has 2 heteroatoms. The van der Waals surface area contributed by atoms with Crippen LogP contribution in [0.25, 0.3) is 0 Å². The molecule has 0 aliphatic rings. The molecule has 0 saturated heterocycles. The van der Waals surface area contributed by atoms with Crippen molar-refractivity contribution in [2.75, 3.05) is 0 Å². The van der Waals surface area contributed by atoms with Crippen LogP contribution in [0.15, 0.2) is 12.5 Å². The summed E-state index contributed by atoms with van der Waals surface area (Å²) in [4.78, 5) is 4.00. The van der Waals surface area contributed by atoms with Crippen LogP contribution in [0.4, 0.5) is 0 Å². The number of rotatable bonds is 1. The molecule has 58 valence electrons. The van der Waals surface area contributed by atoms with E-state index in [4.69, 9.17) is 6.42 Å². The number of hydrogen-bond acceptors (Lipinski definition) is 1. The third kappa shape index (κ3) is 1.27. The van der Waals surface area contributed by atoms with Crippen molar-refractivity contribution in [2.45, 2.75) is 19.3 Å². The molecule has 0 aliphatic carbocycles. The van der Waals surface area contributed by atoms with Crippen LogP contribution >= 0.6 is 0 Å². The molecular formula is C9H12N2. The zero-order valence-corrected chi connectivity index (χ0v) is 7.13. The summed E-state index contributed by atoms with van der Waals surface area (Å²) in [5, 5.41) is 0. The lowest BCUT2D eigenvalue weighted by atomic mass is 9.91. The van der Waals surface area contributed by atoms with Crippen molar-refractivity contribution in [2.24, 2.45) is 7.05 Å². The molecule has 0 atom stereocenters. The lowest BCUT2D eigenvalue weighted by Gasteiger charge is -2.17. The summed E-state index contributed by atoms with van der Waals surface area (Å²) in [7, 11) is 1.95. The van der Waals surface area contributed by atoms with Gasteiger partial charge in [0.1, 0.15) is 0 Å². The molecule has 1 rings (SSSR count). The zero-order valence-electron chi connectivity index (χ0n) is 7.13. The van der Waals surface area contributed by atoms with Gasteiger partial charge >= 0.3 is 0 Å². The SMILES string of the molecule is C#CC(C)(C)c1cncn1C. The van der Waals surface area contributed by atoms with Crippen molar-refractivity contribution < 1.29 is 0 Å². The van der Waals surface area contributed by atoms with Gasteiger partial charge in [-0.05, 0) is 13.8 Å². The van der Waals surface area contributed by atoms with E-state index >= 15 is 0 Å². The summed E-state index contributed by atoms with van der Waals surface area (Å²) in [6.45, 7) is 4.01. The molecule has 0 bridgehead atoms. The Morgan fingerprint density at radius 1 is 1.64 bits per heavy atom. The van der Waals surface area contributed by atoms with Crippen molar-refractivity contribution in [3.63, 3.8) is 0 Å². The van der Waals surface area contributed by atoms with Crippen molar-refractivity contribution in [3.8, 4) is 12.3 Å². The van der Waals surface area contributed by atoms with Gasteiger partial charge in [-0.15, -0.1) is 6.42 Å². The predicted octanol–water partition coefficient (Wildman–Crippen LogP) is 1.33. The average Bonchev–Trinajstić information content (AvgIpc) is 2.36. The van der Waals surface area contributed by atoms with Gasteiger partial charge in [0, 0.05) is 13.2 Å². The minimum atomic E-state index is -0.217. The minimum Gasteiger partial charge on any atom is -0.336 e. The maximum Gasteiger partial charge on any atom is 0.0945 e. The van der Waals surface area contributed by atoms with E-state index in [9.17, 15) is 0 Å². The molecule has 0 amide bonds. The molecule has 0 radical (unpaired) electrons. The molecule has 0 aromatic carbocycles. The molecule has 0 aliphatic heterocycles. The molecule has 1 aromatic heterocycles. The number of nitrogens with zero attached hydrogens (tertiary/aromatic N) is 2. The molecule has 0 unspecified atom stereocenters. The highest BCUT2D eigenvalue weighted by atomic mass is 15.0. The third-order valence-corrected chi connectivity index (χ3v) is 1.82. The van der Waals surface area contributed by atoms with Crippen LogP contribution in [0.3, 0.4) is 0 Å². The van der Waals surface area contributed by atoms with E-state index in [-0.39, 0.29) is 5.41 Å². The third-order valence-electron chi connectivity index (χ3n) is 1.82. The Kier molecular flexibility index (Phi) is 1.74. The molecule has 0 N–H and O–H groups in total. The lowest BCUT2D eigenvalue weighted by Crippen LogP contribution is -2.17. The fourth-order valence-corrected chi connectivity index (χ4v) is 1.03. The van der Waals surface area contributed by atoms with Gasteiger partial charge in [-0.3, -0.25) is 0 Å². The highest BCUT2D eigenvalue weighted by Gasteiger charge is 2.19. The van der Waals surface area contributed by atoms with Gasteiger partial charge in [0.15, 0.2) is 0 Å². The summed E-state index contributed by atoms with van der Waals surface area (Å²) >= 11 is 0. The van der Waals surface area contributed by atoms with Gasteiger partial charge in [-0.25, -0.2) is 4.98 Å². The van der Waals surface area contributed by atoms with Crippen LogP contribution in [0.2, 0.25) is 0 Å². The molecule has 11 heavy (non-hydrogen) atoms. The first-order valence-corrected chi connectivity index (χ1v) is 3.52. The first kappa shape index (κ1) is 7.87. The number of aromatic nitrogens is 2. The second-order valence-electron chi connectivity index (χ2n) is 3.16. The molecule has 2 nitrogen and oxygen atoms in total. The predicted molar refractivity (Wildman–Crippen MR) is 45.1 cm³/mol. The standard InChI is InChI=1S/C9H12N2/c1-5-9(2,3)8-6-10-7-11(8)4/h1,6-7H,2-4H3. The van der Waals surface area contributed by atoms with Crippen LogP contribution in [0.5, 0.6) is 0 Å². The largest absolute Gasteiger partial charge is 0.336 e. The van der Waals surface area contributed by atoms with Crippen LogP contribution in [0.1, 0.15) is 19.5 Å². The highest BCUT2D eigenvalue weighted by Crippen LogP contribution is 2.20. The van der Waals surface area contributed by atoms with Crippen LogP contribution in [0, 0.1) is 12.3 Å². The van der Waals surface area contributed by atoms with Crippen molar-refractivity contribution in [1.29, 1.82) is 0 Å². The minimum absolute atomic E-state index is 0.217. The Morgan fingerprint density at radius 3 is 2.64 bits per heavy atom. The number of hydrogen-bond donors (Lipinski definition) is 0. The highest BCUT2D eigenvalue weighted by molar-refractivity contribution is 5.24. The Hall–Kier alpha value is -1.23. The van der Waals surface area contributed by atoms with Gasteiger partial charge < -0.3 is 4.57 Å². The summed E-state index contributed by atoms with van der Waals surface area (Å²) < 4.78 is 1.94. The maximum absolute atomic E-state index is 5.38. The van der Waals surface area contributed by atoms with E-state index in [1.54, 1.807) is 12.5 Å². The molecule has 1 heterocycles. The fourth-order valence-electron chi connectivity index (χ4n) is 1.03. The van der Waals surface area contributed by atoms with Gasteiger partial charge in [0.25, 0.3) is 0 Å². The van der Waals surface area contributed by atoms with E-state index in [0.29, 0.717) is 0 Å². The number of terminal acetylenes is 1. The van der Waals surface area contributed by atoms with Crippen molar-refractivity contribution in [1.82, 2.24) is 9.55 Å². The van der Waals surface area contributed by atoms with Gasteiger partial charge in [-0.1, -0.05) is 5.92 Å². The van der Waals surface area contributed by atoms with E-state index < -0.39 is 0 Å².